The molecule has 0 saturated carbocycles. The Morgan fingerprint density at radius 1 is 1.07 bits per heavy atom. The van der Waals surface area contributed by atoms with Gasteiger partial charge >= 0.3 is 0 Å². The van der Waals surface area contributed by atoms with Crippen molar-refractivity contribution >= 4 is 27.7 Å². The van der Waals surface area contributed by atoms with Crippen LogP contribution >= 0.6 is 11.8 Å². The summed E-state index contributed by atoms with van der Waals surface area (Å²) in [5, 5.41) is 0. The molecule has 2 heterocycles. The van der Waals surface area contributed by atoms with Gasteiger partial charge in [0.05, 0.1) is 10.5 Å². The number of benzene rings is 2. The second-order valence-corrected chi connectivity index (χ2v) is 9.78. The van der Waals surface area contributed by atoms with E-state index in [9.17, 15) is 13.2 Å². The minimum absolute atomic E-state index is 0.0837. The van der Waals surface area contributed by atoms with Crippen molar-refractivity contribution in [2.75, 3.05) is 32.6 Å². The Balaban J connectivity index is 1.53. The lowest BCUT2D eigenvalue weighted by atomic mass is 10.2. The Bertz CT molecular complexity index is 1050. The van der Waals surface area contributed by atoms with Gasteiger partial charge in [-0.25, -0.2) is 13.1 Å². The molecule has 4 rings (SSSR count). The van der Waals surface area contributed by atoms with Crippen molar-refractivity contribution < 1.29 is 22.7 Å². The Hall–Kier alpha value is -2.23. The maximum Gasteiger partial charge on any atom is 0.255 e. The van der Waals surface area contributed by atoms with E-state index in [1.807, 2.05) is 6.26 Å². The minimum Gasteiger partial charge on any atom is -0.486 e. The predicted molar refractivity (Wildman–Crippen MR) is 115 cm³/mol. The maximum absolute atomic E-state index is 12.9. The van der Waals surface area contributed by atoms with Gasteiger partial charge in [0, 0.05) is 24.5 Å². The maximum atomic E-state index is 12.9. The number of amides is 1. The summed E-state index contributed by atoms with van der Waals surface area (Å²) in [5.74, 6) is 1.16. The van der Waals surface area contributed by atoms with E-state index in [-0.39, 0.29) is 17.3 Å². The van der Waals surface area contributed by atoms with Gasteiger partial charge < -0.3 is 14.4 Å². The van der Waals surface area contributed by atoms with Crippen molar-refractivity contribution in [3.63, 3.8) is 0 Å². The van der Waals surface area contributed by atoms with Crippen molar-refractivity contribution in [1.29, 1.82) is 0 Å². The molecule has 2 aliphatic rings. The molecule has 2 aromatic carbocycles. The Kier molecular flexibility index (Phi) is 6.21. The molecule has 1 saturated heterocycles. The molecule has 1 amide bonds. The monoisotopic (exact) mass is 448 g/mol. The summed E-state index contributed by atoms with van der Waals surface area (Å²) in [6, 6.07) is 10.1. The molecule has 2 aliphatic heterocycles. The molecule has 160 valence electrons. The summed E-state index contributed by atoms with van der Waals surface area (Å²) in [7, 11) is -3.79. The third kappa shape index (κ3) is 4.43. The molecule has 9 heteroatoms. The zero-order valence-corrected chi connectivity index (χ0v) is 18.4. The van der Waals surface area contributed by atoms with Crippen LogP contribution in [0.25, 0.3) is 0 Å². The molecule has 7 nitrogen and oxygen atoms in total. The molecule has 0 radical (unpaired) electrons. The molecule has 0 bridgehead atoms. The quantitative estimate of drug-likeness (QED) is 0.684. The fourth-order valence-corrected chi connectivity index (χ4v) is 5.19. The topological polar surface area (TPSA) is 84.9 Å². The summed E-state index contributed by atoms with van der Waals surface area (Å²) in [6.07, 6.45) is 3.84. The number of rotatable bonds is 6. The summed E-state index contributed by atoms with van der Waals surface area (Å²) in [5.41, 5.74) is 1.20. The van der Waals surface area contributed by atoms with Crippen molar-refractivity contribution in [3.8, 4) is 11.5 Å². The van der Waals surface area contributed by atoms with Gasteiger partial charge in [-0.1, -0.05) is 6.07 Å². The van der Waals surface area contributed by atoms with Crippen LogP contribution in [0.2, 0.25) is 0 Å². The fraction of sp³-hybridized carbons (Fsp3) is 0.381. The molecule has 0 unspecified atom stereocenters. The summed E-state index contributed by atoms with van der Waals surface area (Å²) in [4.78, 5) is 15.5. The number of hydrogen-bond acceptors (Lipinski definition) is 6. The van der Waals surface area contributed by atoms with Gasteiger partial charge in [-0.05, 0) is 55.0 Å². The van der Waals surface area contributed by atoms with E-state index in [2.05, 4.69) is 4.72 Å². The number of carbonyl (C=O) groups is 1. The van der Waals surface area contributed by atoms with Gasteiger partial charge in [-0.15, -0.1) is 11.8 Å². The van der Waals surface area contributed by atoms with Crippen LogP contribution in [0.1, 0.15) is 28.8 Å². The first-order valence-corrected chi connectivity index (χ1v) is 12.5. The lowest BCUT2D eigenvalue weighted by Gasteiger charge is -2.19. The van der Waals surface area contributed by atoms with E-state index >= 15 is 0 Å². The van der Waals surface area contributed by atoms with Gasteiger partial charge in [0.2, 0.25) is 10.0 Å². The van der Waals surface area contributed by atoms with Crippen LogP contribution in [0.3, 0.4) is 0 Å². The Labute approximate surface area is 180 Å². The SMILES string of the molecule is CSc1ccc(S(=O)(=O)NCc2ccc3c(c2)OCCO3)cc1C(=O)N1CCCC1. The van der Waals surface area contributed by atoms with Crippen LogP contribution < -0.4 is 14.2 Å². The molecule has 1 fully saturated rings. The van der Waals surface area contributed by atoms with E-state index in [1.54, 1.807) is 35.2 Å². The second-order valence-electron chi connectivity index (χ2n) is 7.16. The highest BCUT2D eigenvalue weighted by atomic mass is 32.2. The highest BCUT2D eigenvalue weighted by Gasteiger charge is 2.24. The zero-order valence-electron chi connectivity index (χ0n) is 16.7. The number of thioether (sulfide) groups is 1. The first kappa shape index (κ1) is 21.0. The average Bonchev–Trinajstić information content (AvgIpc) is 3.31. The smallest absolute Gasteiger partial charge is 0.255 e. The van der Waals surface area contributed by atoms with E-state index in [0.717, 1.165) is 23.3 Å². The average molecular weight is 449 g/mol. The van der Waals surface area contributed by atoms with Crippen LogP contribution in [0, 0.1) is 0 Å². The van der Waals surface area contributed by atoms with Crippen molar-refractivity contribution in [3.05, 3.63) is 47.5 Å². The van der Waals surface area contributed by atoms with Crippen molar-refractivity contribution in [1.82, 2.24) is 9.62 Å². The highest BCUT2D eigenvalue weighted by Crippen LogP contribution is 2.31. The van der Waals surface area contributed by atoms with Gasteiger partial charge in [0.1, 0.15) is 13.2 Å². The largest absolute Gasteiger partial charge is 0.486 e. The number of fused-ring (bicyclic) bond motifs is 1. The molecule has 0 spiro atoms. The van der Waals surface area contributed by atoms with E-state index in [0.29, 0.717) is 43.4 Å². The van der Waals surface area contributed by atoms with Gasteiger partial charge in [0.25, 0.3) is 5.91 Å². The third-order valence-corrected chi connectivity index (χ3v) is 7.37. The van der Waals surface area contributed by atoms with Crippen molar-refractivity contribution in [2.24, 2.45) is 0 Å². The molecule has 30 heavy (non-hydrogen) atoms. The summed E-state index contributed by atoms with van der Waals surface area (Å²) in [6.45, 7) is 2.51. The normalized spacial score (nSPS) is 16.0. The molecule has 0 aliphatic carbocycles. The number of sulfonamides is 1. The van der Waals surface area contributed by atoms with Gasteiger partial charge in [-0.2, -0.15) is 0 Å². The summed E-state index contributed by atoms with van der Waals surface area (Å²) >= 11 is 1.44. The minimum atomic E-state index is -3.79. The van der Waals surface area contributed by atoms with E-state index in [4.69, 9.17) is 9.47 Å². The number of nitrogens with zero attached hydrogens (tertiary/aromatic N) is 1. The first-order valence-electron chi connectivity index (χ1n) is 9.83. The highest BCUT2D eigenvalue weighted by molar-refractivity contribution is 7.98. The fourth-order valence-electron chi connectivity index (χ4n) is 3.57. The number of carbonyl (C=O) groups excluding carboxylic acids is 1. The van der Waals surface area contributed by atoms with Gasteiger partial charge in [-0.3, -0.25) is 4.79 Å². The zero-order chi connectivity index (χ0) is 21.1. The molecular weight excluding hydrogens is 424 g/mol. The number of ether oxygens (including phenoxy) is 2. The number of likely N-dealkylation sites (tertiary alicyclic amines) is 1. The Morgan fingerprint density at radius 2 is 1.80 bits per heavy atom. The molecule has 2 aromatic rings. The van der Waals surface area contributed by atoms with Crippen LogP contribution in [-0.2, 0) is 16.6 Å². The molecular formula is C21H24N2O5S2. The predicted octanol–water partition coefficient (Wildman–Crippen LogP) is 2.89. The molecule has 1 N–H and O–H groups in total. The Morgan fingerprint density at radius 3 is 2.53 bits per heavy atom. The van der Waals surface area contributed by atoms with E-state index in [1.165, 1.54) is 17.8 Å². The number of hydrogen-bond donors (Lipinski definition) is 1. The first-order chi connectivity index (χ1) is 14.5. The summed E-state index contributed by atoms with van der Waals surface area (Å²) < 4.78 is 39.4. The second kappa shape index (κ2) is 8.87. The van der Waals surface area contributed by atoms with E-state index < -0.39 is 10.0 Å². The third-order valence-electron chi connectivity index (χ3n) is 5.18. The van der Waals surface area contributed by atoms with Crippen molar-refractivity contribution in [2.45, 2.75) is 29.2 Å². The molecule has 0 atom stereocenters. The molecule has 0 aromatic heterocycles. The standard InChI is InChI=1S/C21H24N2O5S2/c1-29-20-7-5-16(13-17(20)21(24)23-8-2-3-9-23)30(25,26)22-14-15-4-6-18-19(12-15)28-11-10-27-18/h4-7,12-13,22H,2-3,8-11,14H2,1H3. The van der Waals surface area contributed by atoms with Crippen LogP contribution in [0.5, 0.6) is 11.5 Å². The van der Waals surface area contributed by atoms with Crippen LogP contribution in [0.15, 0.2) is 46.2 Å². The van der Waals surface area contributed by atoms with Gasteiger partial charge in [0.15, 0.2) is 11.5 Å². The van der Waals surface area contributed by atoms with Crippen LogP contribution in [0.4, 0.5) is 0 Å². The van der Waals surface area contributed by atoms with Crippen LogP contribution in [-0.4, -0.2) is 51.8 Å². The number of nitrogens with one attached hydrogen (secondary N) is 1. The lowest BCUT2D eigenvalue weighted by molar-refractivity contribution is 0.0789. The lowest BCUT2D eigenvalue weighted by Crippen LogP contribution is -2.29.